The molecule has 0 saturated carbocycles. The van der Waals surface area contributed by atoms with Crippen molar-refractivity contribution in [1.29, 1.82) is 0 Å². The summed E-state index contributed by atoms with van der Waals surface area (Å²) in [5, 5.41) is 8.72. The Kier molecular flexibility index (Phi) is 5.28. The number of hydrogen-bond acceptors (Lipinski definition) is 3. The lowest BCUT2D eigenvalue weighted by Crippen LogP contribution is -2.36. The Morgan fingerprint density at radius 3 is 2.63 bits per heavy atom. The van der Waals surface area contributed by atoms with Crippen LogP contribution in [0.3, 0.4) is 0 Å². The van der Waals surface area contributed by atoms with E-state index in [-0.39, 0.29) is 17.9 Å². The first-order valence-electron chi connectivity index (χ1n) is 5.45. The van der Waals surface area contributed by atoms with E-state index in [4.69, 9.17) is 16.7 Å². The van der Waals surface area contributed by atoms with Gasteiger partial charge in [0.15, 0.2) is 0 Å². The van der Waals surface area contributed by atoms with Gasteiger partial charge in [-0.15, -0.1) is 0 Å². The summed E-state index contributed by atoms with van der Waals surface area (Å²) in [6.45, 7) is 1.63. The van der Waals surface area contributed by atoms with Gasteiger partial charge in [0.2, 0.25) is 10.0 Å². The molecular formula is C11H13ClFNO4S. The van der Waals surface area contributed by atoms with E-state index >= 15 is 0 Å². The fourth-order valence-corrected chi connectivity index (χ4v) is 2.99. The Balaban J connectivity index is 3.00. The van der Waals surface area contributed by atoms with Crippen LogP contribution >= 0.6 is 11.6 Å². The summed E-state index contributed by atoms with van der Waals surface area (Å²) in [6.07, 6.45) is -0.0916. The molecule has 1 rings (SSSR count). The summed E-state index contributed by atoms with van der Waals surface area (Å²) in [7, 11) is -4.11. The molecule has 1 aromatic rings. The van der Waals surface area contributed by atoms with Gasteiger partial charge in [0, 0.05) is 11.1 Å². The predicted octanol–water partition coefficient (Wildman–Crippen LogP) is 2.01. The summed E-state index contributed by atoms with van der Waals surface area (Å²) in [6, 6.07) is 2.37. The standard InChI is InChI=1S/C11H13ClFNO4S/c1-2-8(6-11(15)16)14-19(17,18)10-4-3-7(12)5-9(10)13/h3-5,8,14H,2,6H2,1H3,(H,15,16). The molecule has 0 aromatic heterocycles. The molecule has 8 heteroatoms. The van der Waals surface area contributed by atoms with Crippen molar-refractivity contribution < 1.29 is 22.7 Å². The summed E-state index contributed by atoms with van der Waals surface area (Å²) in [5.41, 5.74) is 0. The van der Waals surface area contributed by atoms with E-state index in [2.05, 4.69) is 4.72 Å². The van der Waals surface area contributed by atoms with Gasteiger partial charge in [-0.25, -0.2) is 17.5 Å². The van der Waals surface area contributed by atoms with E-state index in [1.165, 1.54) is 6.07 Å². The number of aliphatic carboxylic acids is 1. The van der Waals surface area contributed by atoms with Crippen molar-refractivity contribution in [3.8, 4) is 0 Å². The predicted molar refractivity (Wildman–Crippen MR) is 68.1 cm³/mol. The highest BCUT2D eigenvalue weighted by molar-refractivity contribution is 7.89. The minimum absolute atomic E-state index is 0.0778. The second-order valence-electron chi connectivity index (χ2n) is 3.90. The Hall–Kier alpha value is -1.18. The first-order chi connectivity index (χ1) is 8.76. The van der Waals surface area contributed by atoms with Crippen LogP contribution in [-0.2, 0) is 14.8 Å². The van der Waals surface area contributed by atoms with Gasteiger partial charge in [0.1, 0.15) is 10.7 Å². The average molecular weight is 310 g/mol. The lowest BCUT2D eigenvalue weighted by atomic mass is 10.2. The van der Waals surface area contributed by atoms with Crippen LogP contribution in [0.1, 0.15) is 19.8 Å². The maximum atomic E-state index is 13.5. The summed E-state index contributed by atoms with van der Waals surface area (Å²) >= 11 is 5.54. The van der Waals surface area contributed by atoms with Gasteiger partial charge in [-0.2, -0.15) is 0 Å². The molecule has 0 aliphatic carbocycles. The first-order valence-corrected chi connectivity index (χ1v) is 7.31. The Morgan fingerprint density at radius 2 is 2.16 bits per heavy atom. The molecule has 0 spiro atoms. The minimum atomic E-state index is -4.11. The lowest BCUT2D eigenvalue weighted by molar-refractivity contribution is -0.137. The van der Waals surface area contributed by atoms with Crippen LogP contribution in [0.25, 0.3) is 0 Å². The summed E-state index contributed by atoms with van der Waals surface area (Å²) in [4.78, 5) is 10.0. The number of halogens is 2. The number of benzene rings is 1. The van der Waals surface area contributed by atoms with Crippen molar-refractivity contribution in [3.63, 3.8) is 0 Å². The summed E-state index contributed by atoms with van der Waals surface area (Å²) in [5.74, 6) is -2.11. The maximum Gasteiger partial charge on any atom is 0.304 e. The van der Waals surface area contributed by atoms with Crippen LogP contribution in [0.2, 0.25) is 5.02 Å². The van der Waals surface area contributed by atoms with Gasteiger partial charge in [-0.3, -0.25) is 4.79 Å². The van der Waals surface area contributed by atoms with E-state index < -0.39 is 32.7 Å². The fraction of sp³-hybridized carbons (Fsp3) is 0.364. The normalized spacial score (nSPS) is 13.2. The van der Waals surface area contributed by atoms with Crippen LogP contribution in [0.4, 0.5) is 4.39 Å². The van der Waals surface area contributed by atoms with E-state index in [1.54, 1.807) is 6.92 Å². The molecule has 0 amide bonds. The smallest absolute Gasteiger partial charge is 0.304 e. The zero-order chi connectivity index (χ0) is 14.6. The SMILES string of the molecule is CCC(CC(=O)O)NS(=O)(=O)c1ccc(Cl)cc1F. The molecule has 0 radical (unpaired) electrons. The average Bonchev–Trinajstić information content (AvgIpc) is 2.26. The first kappa shape index (κ1) is 15.9. The van der Waals surface area contributed by atoms with Gasteiger partial charge < -0.3 is 5.11 Å². The number of carboxylic acids is 1. The molecule has 1 unspecified atom stereocenters. The molecule has 1 aromatic carbocycles. The van der Waals surface area contributed by atoms with Crippen LogP contribution in [0.5, 0.6) is 0 Å². The molecule has 1 atom stereocenters. The Bertz CT molecular complexity index is 576. The topological polar surface area (TPSA) is 83.5 Å². The second kappa shape index (κ2) is 6.31. The highest BCUT2D eigenvalue weighted by atomic mass is 35.5. The molecule has 0 bridgehead atoms. The number of rotatable bonds is 6. The van der Waals surface area contributed by atoms with E-state index in [1.807, 2.05) is 0 Å². The third kappa shape index (κ3) is 4.45. The Labute approximate surface area is 115 Å². The van der Waals surface area contributed by atoms with Crippen molar-refractivity contribution in [2.45, 2.75) is 30.7 Å². The molecule has 2 N–H and O–H groups in total. The van der Waals surface area contributed by atoms with Crippen LogP contribution in [-0.4, -0.2) is 25.5 Å². The van der Waals surface area contributed by atoms with Gasteiger partial charge in [-0.05, 0) is 24.6 Å². The molecule has 0 aliphatic rings. The zero-order valence-corrected chi connectivity index (χ0v) is 11.6. The van der Waals surface area contributed by atoms with Crippen LogP contribution < -0.4 is 4.72 Å². The molecular weight excluding hydrogens is 297 g/mol. The second-order valence-corrected chi connectivity index (χ2v) is 6.02. The van der Waals surface area contributed by atoms with E-state index in [0.717, 1.165) is 12.1 Å². The van der Waals surface area contributed by atoms with Crippen molar-refractivity contribution in [2.24, 2.45) is 0 Å². The fourth-order valence-electron chi connectivity index (χ4n) is 1.46. The highest BCUT2D eigenvalue weighted by Gasteiger charge is 2.23. The third-order valence-electron chi connectivity index (χ3n) is 2.42. The van der Waals surface area contributed by atoms with Crippen LogP contribution in [0.15, 0.2) is 23.1 Å². The Morgan fingerprint density at radius 1 is 1.53 bits per heavy atom. The van der Waals surface area contributed by atoms with Crippen molar-refractivity contribution >= 4 is 27.6 Å². The van der Waals surface area contributed by atoms with Gasteiger partial charge >= 0.3 is 5.97 Å². The van der Waals surface area contributed by atoms with Gasteiger partial charge in [0.05, 0.1) is 6.42 Å². The van der Waals surface area contributed by atoms with Crippen LogP contribution in [0, 0.1) is 5.82 Å². The monoisotopic (exact) mass is 309 g/mol. The molecule has 0 fully saturated rings. The number of carboxylic acid groups (broad SMARTS) is 1. The molecule has 5 nitrogen and oxygen atoms in total. The maximum absolute atomic E-state index is 13.5. The van der Waals surface area contributed by atoms with Gasteiger partial charge in [0.25, 0.3) is 0 Å². The molecule has 0 heterocycles. The number of carbonyl (C=O) groups is 1. The summed E-state index contributed by atoms with van der Waals surface area (Å²) < 4.78 is 39.6. The molecule has 106 valence electrons. The number of hydrogen-bond donors (Lipinski definition) is 2. The number of sulfonamides is 1. The third-order valence-corrected chi connectivity index (χ3v) is 4.21. The minimum Gasteiger partial charge on any atom is -0.481 e. The van der Waals surface area contributed by atoms with E-state index in [0.29, 0.717) is 0 Å². The molecule has 19 heavy (non-hydrogen) atoms. The highest BCUT2D eigenvalue weighted by Crippen LogP contribution is 2.19. The lowest BCUT2D eigenvalue weighted by Gasteiger charge is -2.15. The van der Waals surface area contributed by atoms with Crippen molar-refractivity contribution in [1.82, 2.24) is 4.72 Å². The van der Waals surface area contributed by atoms with Crippen molar-refractivity contribution in [2.75, 3.05) is 0 Å². The van der Waals surface area contributed by atoms with Gasteiger partial charge in [-0.1, -0.05) is 18.5 Å². The van der Waals surface area contributed by atoms with Crippen molar-refractivity contribution in [3.05, 3.63) is 29.0 Å². The quantitative estimate of drug-likeness (QED) is 0.842. The molecule has 0 aliphatic heterocycles. The van der Waals surface area contributed by atoms with E-state index in [9.17, 15) is 17.6 Å². The largest absolute Gasteiger partial charge is 0.481 e. The molecule has 0 saturated heterocycles. The number of nitrogens with one attached hydrogen (secondary N) is 1. The zero-order valence-electron chi connectivity index (χ0n) is 10.1.